The van der Waals surface area contributed by atoms with Crippen molar-refractivity contribution in [2.45, 2.75) is 53.4 Å². The summed E-state index contributed by atoms with van der Waals surface area (Å²) in [6, 6.07) is 0. The molecule has 0 aromatic rings. The van der Waals surface area contributed by atoms with Crippen molar-refractivity contribution in [3.05, 3.63) is 0 Å². The van der Waals surface area contributed by atoms with Crippen LogP contribution in [0.3, 0.4) is 0 Å². The summed E-state index contributed by atoms with van der Waals surface area (Å²) < 4.78 is 0. The Morgan fingerprint density at radius 1 is 0.789 bits per heavy atom. The van der Waals surface area contributed by atoms with Crippen molar-refractivity contribution in [1.82, 2.24) is 0 Å². The van der Waals surface area contributed by atoms with E-state index in [2.05, 4.69) is 0 Å². The molecule has 0 spiro atoms. The smallest absolute Gasteiger partial charge is 0.550 e. The molecule has 0 radical (unpaired) electrons. The number of aliphatic hydroxyl groups excluding tert-OH is 2. The molecule has 0 saturated carbocycles. The van der Waals surface area contributed by atoms with Gasteiger partial charge in [-0.15, -0.1) is 0 Å². The minimum absolute atomic E-state index is 0. The van der Waals surface area contributed by atoms with Gasteiger partial charge in [0.05, 0.1) is 0 Å². The van der Waals surface area contributed by atoms with E-state index in [9.17, 15) is 19.8 Å². The number of rotatable bonds is 4. The summed E-state index contributed by atoms with van der Waals surface area (Å²) in [5, 5.41) is 34.3. The first-order chi connectivity index (χ1) is 8.37. The number of aliphatic carboxylic acids is 2. The van der Waals surface area contributed by atoms with Gasteiger partial charge in [0.2, 0.25) is 0 Å². The Kier molecular flexibility index (Phi) is 59.1. The number of carbonyl (C=O) groups is 2. The third-order valence-corrected chi connectivity index (χ3v) is 1.02. The summed E-state index contributed by atoms with van der Waals surface area (Å²) in [7, 11) is 0. The van der Waals surface area contributed by atoms with Crippen LogP contribution in [0.15, 0.2) is 0 Å². The minimum atomic E-state index is -0.995. The number of carbonyl (C=O) groups excluding carboxylic acids is 2. The van der Waals surface area contributed by atoms with Crippen molar-refractivity contribution >= 4 is 11.9 Å². The predicted octanol–water partition coefficient (Wildman–Crippen LogP) is -0.932. The van der Waals surface area contributed by atoms with Gasteiger partial charge in [-0.25, -0.2) is 0 Å². The first kappa shape index (κ1) is 31.1. The molecule has 0 heterocycles. The molecule has 0 rings (SSSR count). The Morgan fingerprint density at radius 3 is 0.895 bits per heavy atom. The van der Waals surface area contributed by atoms with Gasteiger partial charge in [0.1, 0.15) is 0 Å². The van der Waals surface area contributed by atoms with Crippen molar-refractivity contribution in [2.24, 2.45) is 0 Å². The van der Waals surface area contributed by atoms with Crippen LogP contribution in [-0.4, -0.2) is 35.4 Å². The van der Waals surface area contributed by atoms with Gasteiger partial charge in [-0.3, -0.25) is 0 Å². The van der Waals surface area contributed by atoms with Crippen LogP contribution in [0.1, 0.15) is 53.4 Å². The molecule has 0 aliphatic rings. The molecular weight excluding hydrogens is 288 g/mol. The first-order valence-electron chi connectivity index (χ1n) is 5.98. The van der Waals surface area contributed by atoms with Gasteiger partial charge in [0.25, 0.3) is 0 Å². The van der Waals surface area contributed by atoms with E-state index in [1.165, 1.54) is 13.8 Å². The fourth-order valence-corrected chi connectivity index (χ4v) is 0. The maximum absolute atomic E-state index is 9.26. The normalized spacial score (nSPS) is 7.05. The fourth-order valence-electron chi connectivity index (χ4n) is 0. The van der Waals surface area contributed by atoms with E-state index in [0.29, 0.717) is 13.2 Å². The summed E-state index contributed by atoms with van der Waals surface area (Å²) in [6.45, 7) is 7.57. The van der Waals surface area contributed by atoms with Gasteiger partial charge in [-0.2, -0.15) is 0 Å². The largest absolute Gasteiger partial charge is 2.00 e. The van der Waals surface area contributed by atoms with Crippen LogP contribution in [0.25, 0.3) is 0 Å². The van der Waals surface area contributed by atoms with Gasteiger partial charge in [0.15, 0.2) is 0 Å². The molecule has 0 aliphatic carbocycles. The monoisotopic (exact) mass is 314 g/mol. The second-order valence-corrected chi connectivity index (χ2v) is 2.90. The molecule has 0 aromatic carbocycles. The molecular formula is C12H26O6Ti. The summed E-state index contributed by atoms with van der Waals surface area (Å²) in [5.41, 5.74) is 0. The van der Waals surface area contributed by atoms with Gasteiger partial charge in [-0.05, 0) is 25.7 Å². The molecule has 0 atom stereocenters. The Labute approximate surface area is 130 Å². The van der Waals surface area contributed by atoms with E-state index in [4.69, 9.17) is 10.2 Å². The van der Waals surface area contributed by atoms with Gasteiger partial charge in [0, 0.05) is 25.2 Å². The summed E-state index contributed by atoms with van der Waals surface area (Å²) in [6.07, 6.45) is 1.97. The molecule has 2 N–H and O–H groups in total. The van der Waals surface area contributed by atoms with E-state index in [1.54, 1.807) is 0 Å². The zero-order valence-corrected chi connectivity index (χ0v) is 13.8. The third kappa shape index (κ3) is 137. The van der Waals surface area contributed by atoms with Gasteiger partial charge >= 0.3 is 21.7 Å². The fraction of sp³-hybridized carbons (Fsp3) is 0.833. The average Bonchev–Trinajstić information content (AvgIpc) is 2.39. The SMILES string of the molecule is CCC(=O)[O-].CCC(=O)[O-].CCCO.CCCO.[Ti+2]. The molecule has 0 saturated heterocycles. The van der Waals surface area contributed by atoms with Crippen LogP contribution in [-0.2, 0) is 31.3 Å². The van der Waals surface area contributed by atoms with Crippen LogP contribution in [0, 0.1) is 0 Å². The van der Waals surface area contributed by atoms with Crippen LogP contribution in [0.2, 0.25) is 0 Å². The molecule has 7 heteroatoms. The van der Waals surface area contributed by atoms with Crippen molar-refractivity contribution in [1.29, 1.82) is 0 Å². The zero-order chi connectivity index (χ0) is 15.4. The standard InChI is InChI=1S/2C3H6O2.2C3H8O.Ti/c2*1-2-3(4)5;2*1-2-3-4;/h2*2H2,1H3,(H,4,5);2*4H,2-3H2,1H3;/q;;;;+2/p-2. The predicted molar refractivity (Wildman–Crippen MR) is 65.3 cm³/mol. The molecule has 0 bridgehead atoms. The summed E-state index contributed by atoms with van der Waals surface area (Å²) >= 11 is 0. The molecule has 0 aliphatic heterocycles. The zero-order valence-electron chi connectivity index (χ0n) is 12.3. The third-order valence-electron chi connectivity index (χ3n) is 1.02. The first-order valence-corrected chi connectivity index (χ1v) is 5.98. The van der Waals surface area contributed by atoms with Crippen molar-refractivity contribution in [2.75, 3.05) is 13.2 Å². The van der Waals surface area contributed by atoms with Crippen LogP contribution < -0.4 is 10.2 Å². The van der Waals surface area contributed by atoms with Crippen molar-refractivity contribution < 1.29 is 51.7 Å². The Hall–Kier alpha value is -0.426. The number of aliphatic hydroxyl groups is 2. The number of hydrogen-bond acceptors (Lipinski definition) is 6. The van der Waals surface area contributed by atoms with Crippen molar-refractivity contribution in [3.8, 4) is 0 Å². The molecule has 0 fully saturated rings. The van der Waals surface area contributed by atoms with Crippen LogP contribution in [0.4, 0.5) is 0 Å². The molecule has 0 amide bonds. The quantitative estimate of drug-likeness (QED) is 0.647. The Bertz CT molecular complexity index is 142. The van der Waals surface area contributed by atoms with E-state index >= 15 is 0 Å². The molecule has 6 nitrogen and oxygen atoms in total. The minimum Gasteiger partial charge on any atom is -0.550 e. The number of carboxylic acids is 2. The topological polar surface area (TPSA) is 121 Å². The summed E-state index contributed by atoms with van der Waals surface area (Å²) in [5.74, 6) is -1.99. The number of carboxylic acid groups (broad SMARTS) is 2. The molecule has 114 valence electrons. The van der Waals surface area contributed by atoms with E-state index in [1.807, 2.05) is 13.8 Å². The van der Waals surface area contributed by atoms with E-state index < -0.39 is 11.9 Å². The second-order valence-electron chi connectivity index (χ2n) is 2.90. The van der Waals surface area contributed by atoms with Gasteiger partial charge in [-0.1, -0.05) is 27.7 Å². The Balaban J connectivity index is -0.0000000453. The molecule has 0 aromatic heterocycles. The average molecular weight is 314 g/mol. The molecule has 0 unspecified atom stereocenters. The van der Waals surface area contributed by atoms with Crippen molar-refractivity contribution in [3.63, 3.8) is 0 Å². The Morgan fingerprint density at radius 2 is 0.895 bits per heavy atom. The number of hydrogen-bond donors (Lipinski definition) is 2. The van der Waals surface area contributed by atoms with Crippen LogP contribution in [0.5, 0.6) is 0 Å². The maximum Gasteiger partial charge on any atom is 2.00 e. The van der Waals surface area contributed by atoms with Gasteiger partial charge < -0.3 is 30.0 Å². The second kappa shape index (κ2) is 36.0. The maximum atomic E-state index is 9.26. The van der Waals surface area contributed by atoms with Crippen LogP contribution >= 0.6 is 0 Å². The summed E-state index contributed by atoms with van der Waals surface area (Å²) in [4.78, 5) is 18.5. The molecule has 19 heavy (non-hydrogen) atoms. The van der Waals surface area contributed by atoms with E-state index in [-0.39, 0.29) is 34.6 Å². The van der Waals surface area contributed by atoms with E-state index in [0.717, 1.165) is 12.8 Å².